The number of nitro benzene ring substituents is 1. The first-order chi connectivity index (χ1) is 17.3. The van der Waals surface area contributed by atoms with Crippen molar-refractivity contribution < 1.29 is 17.9 Å². The number of nitrogens with zero attached hydrogens (tertiary/aromatic N) is 1. The van der Waals surface area contributed by atoms with Crippen LogP contribution in [0.3, 0.4) is 0 Å². The van der Waals surface area contributed by atoms with E-state index in [0.717, 1.165) is 44.9 Å². The molecule has 0 aromatic heterocycles. The van der Waals surface area contributed by atoms with E-state index < -0.39 is 19.8 Å². The minimum absolute atomic E-state index is 0.00270. The zero-order valence-corrected chi connectivity index (χ0v) is 23.5. The van der Waals surface area contributed by atoms with Gasteiger partial charge in [-0.15, -0.1) is 0 Å². The Morgan fingerprint density at radius 3 is 1.86 bits per heavy atom. The fourth-order valence-corrected chi connectivity index (χ4v) is 7.34. The molecule has 1 aliphatic carbocycles. The lowest BCUT2D eigenvalue weighted by molar-refractivity contribution is -0.385. The normalized spacial score (nSPS) is 19.5. The molecule has 0 bridgehead atoms. The number of unbranched alkanes of at least 4 members (excludes halogenated alkanes) is 14. The molecule has 0 saturated heterocycles. The molecule has 6 nitrogen and oxygen atoms in total. The van der Waals surface area contributed by atoms with Gasteiger partial charge >= 0.3 is 0 Å². The Hall–Kier alpha value is -1.47. The van der Waals surface area contributed by atoms with Crippen molar-refractivity contribution in [3.05, 3.63) is 39.4 Å². The molecule has 1 aliphatic rings. The number of nitro groups is 1. The smallest absolute Gasteiger partial charge is 0.274 e. The maximum Gasteiger partial charge on any atom is 0.274 e. The van der Waals surface area contributed by atoms with E-state index in [0.29, 0.717) is 24.0 Å². The van der Waals surface area contributed by atoms with Crippen LogP contribution in [0, 0.1) is 10.1 Å². The number of rotatable bonds is 20. The van der Waals surface area contributed by atoms with Crippen molar-refractivity contribution in [2.75, 3.05) is 0 Å². The first-order valence-electron chi connectivity index (χ1n) is 14.5. The minimum Gasteiger partial charge on any atom is -0.285 e. The molecule has 0 saturated carbocycles. The van der Waals surface area contributed by atoms with E-state index in [9.17, 15) is 23.1 Å². The summed E-state index contributed by atoms with van der Waals surface area (Å²) in [5.74, 6) is -0.210. The molecule has 1 aromatic carbocycles. The summed E-state index contributed by atoms with van der Waals surface area (Å²) in [7, 11) is -4.43. The van der Waals surface area contributed by atoms with Crippen LogP contribution >= 0.6 is 0 Å². The largest absolute Gasteiger partial charge is 0.285 e. The molecule has 0 aliphatic heterocycles. The van der Waals surface area contributed by atoms with Crippen LogP contribution < -0.4 is 0 Å². The van der Waals surface area contributed by atoms with Gasteiger partial charge in [-0.3, -0.25) is 14.7 Å². The van der Waals surface area contributed by atoms with Crippen LogP contribution in [-0.2, 0) is 14.9 Å². The molecule has 1 aromatic rings. The van der Waals surface area contributed by atoms with Crippen LogP contribution in [0.5, 0.6) is 0 Å². The Bertz CT molecular complexity index is 901. The molecule has 0 fully saturated rings. The molecular weight excluding hydrogens is 474 g/mol. The van der Waals surface area contributed by atoms with E-state index in [1.807, 2.05) is 0 Å². The maximum atomic E-state index is 12.9. The number of fused-ring (bicyclic) bond motifs is 1. The summed E-state index contributed by atoms with van der Waals surface area (Å²) >= 11 is 0. The monoisotopic (exact) mass is 523 g/mol. The Morgan fingerprint density at radius 2 is 1.36 bits per heavy atom. The zero-order chi connectivity index (χ0) is 26.4. The summed E-state index contributed by atoms with van der Waals surface area (Å²) < 4.78 is 34.8. The molecule has 1 N–H and O–H groups in total. The van der Waals surface area contributed by atoms with E-state index in [4.69, 9.17) is 0 Å². The van der Waals surface area contributed by atoms with Crippen molar-refractivity contribution in [2.45, 2.75) is 147 Å². The Kier molecular flexibility index (Phi) is 13.4. The highest BCUT2D eigenvalue weighted by atomic mass is 32.2. The van der Waals surface area contributed by atoms with Gasteiger partial charge in [0.2, 0.25) is 0 Å². The quantitative estimate of drug-likeness (QED) is 0.0795. The Morgan fingerprint density at radius 1 is 0.861 bits per heavy atom. The lowest BCUT2D eigenvalue weighted by Gasteiger charge is -2.27. The first kappa shape index (κ1) is 30.8. The molecular formula is C29H49NO5S. The van der Waals surface area contributed by atoms with E-state index in [2.05, 4.69) is 13.8 Å². The molecule has 7 heteroatoms. The van der Waals surface area contributed by atoms with E-state index in [-0.39, 0.29) is 18.0 Å². The van der Waals surface area contributed by atoms with Crippen molar-refractivity contribution in [3.63, 3.8) is 0 Å². The van der Waals surface area contributed by atoms with Crippen LogP contribution in [0.2, 0.25) is 0 Å². The van der Waals surface area contributed by atoms with Gasteiger partial charge in [-0.1, -0.05) is 129 Å². The third-order valence-electron chi connectivity index (χ3n) is 8.09. The van der Waals surface area contributed by atoms with Gasteiger partial charge in [0, 0.05) is 11.6 Å². The van der Waals surface area contributed by atoms with Crippen molar-refractivity contribution in [1.82, 2.24) is 0 Å². The summed E-state index contributed by atoms with van der Waals surface area (Å²) in [6, 6.07) is 4.75. The SMILES string of the molecule is CCCCCCCCCCCCC1(S(=O)(=O)O)CC(CCCCCCCC)c2c([N+](=O)[O-])cccc21. The third-order valence-corrected chi connectivity index (χ3v) is 9.67. The van der Waals surface area contributed by atoms with Gasteiger partial charge in [-0.05, 0) is 30.7 Å². The van der Waals surface area contributed by atoms with Crippen molar-refractivity contribution in [2.24, 2.45) is 0 Å². The van der Waals surface area contributed by atoms with Gasteiger partial charge < -0.3 is 0 Å². The molecule has 0 amide bonds. The van der Waals surface area contributed by atoms with E-state index in [1.54, 1.807) is 12.1 Å². The molecule has 0 radical (unpaired) electrons. The first-order valence-corrected chi connectivity index (χ1v) is 16.0. The van der Waals surface area contributed by atoms with E-state index >= 15 is 0 Å². The lowest BCUT2D eigenvalue weighted by Crippen LogP contribution is -2.33. The van der Waals surface area contributed by atoms with Gasteiger partial charge in [-0.25, -0.2) is 0 Å². The van der Waals surface area contributed by atoms with Crippen LogP contribution in [0.25, 0.3) is 0 Å². The second kappa shape index (κ2) is 15.7. The number of hydrogen-bond acceptors (Lipinski definition) is 4. The number of hydrogen-bond donors (Lipinski definition) is 1. The molecule has 206 valence electrons. The fraction of sp³-hybridized carbons (Fsp3) is 0.793. The standard InChI is InChI=1S/C29H49NO5S/c1-3-5-7-9-11-12-13-14-16-18-23-29(36(33,34)35)24-25(20-17-15-10-8-6-4-2)28-26(29)21-19-22-27(28)30(31)32/h19,21-22,25H,3-18,20,23-24H2,1-2H3,(H,33,34,35). The highest BCUT2D eigenvalue weighted by Gasteiger charge is 2.54. The molecule has 2 atom stereocenters. The predicted octanol–water partition coefficient (Wildman–Crippen LogP) is 9.23. The summed E-state index contributed by atoms with van der Waals surface area (Å²) in [6.07, 6.45) is 19.4. The lowest BCUT2D eigenvalue weighted by atomic mass is 9.91. The van der Waals surface area contributed by atoms with Crippen molar-refractivity contribution in [3.8, 4) is 0 Å². The second-order valence-corrected chi connectivity index (χ2v) is 12.6. The van der Waals surface area contributed by atoms with Crippen molar-refractivity contribution in [1.29, 1.82) is 0 Å². The van der Waals surface area contributed by atoms with Gasteiger partial charge in [0.25, 0.3) is 15.8 Å². The maximum absolute atomic E-state index is 12.9. The minimum atomic E-state index is -4.43. The zero-order valence-electron chi connectivity index (χ0n) is 22.7. The van der Waals surface area contributed by atoms with Gasteiger partial charge in [-0.2, -0.15) is 8.42 Å². The summed E-state index contributed by atoms with van der Waals surface area (Å²) in [6.45, 7) is 4.40. The average molecular weight is 524 g/mol. The average Bonchev–Trinajstić information content (AvgIpc) is 3.17. The molecule has 36 heavy (non-hydrogen) atoms. The van der Waals surface area contributed by atoms with Crippen LogP contribution in [0.1, 0.15) is 153 Å². The number of benzene rings is 1. The van der Waals surface area contributed by atoms with Crippen molar-refractivity contribution >= 4 is 15.8 Å². The summed E-state index contributed by atoms with van der Waals surface area (Å²) in [5, 5.41) is 11.9. The fourth-order valence-electron chi connectivity index (χ4n) is 6.07. The summed E-state index contributed by atoms with van der Waals surface area (Å²) in [4.78, 5) is 11.5. The van der Waals surface area contributed by atoms with Crippen LogP contribution in [-0.4, -0.2) is 17.9 Å². The van der Waals surface area contributed by atoms with Crippen LogP contribution in [0.15, 0.2) is 18.2 Å². The second-order valence-electron chi connectivity index (χ2n) is 10.9. The molecule has 0 heterocycles. The molecule has 2 unspecified atom stereocenters. The third kappa shape index (κ3) is 8.54. The molecule has 2 rings (SSSR count). The predicted molar refractivity (Wildman–Crippen MR) is 148 cm³/mol. The highest BCUT2D eigenvalue weighted by Crippen LogP contribution is 2.55. The van der Waals surface area contributed by atoms with Crippen LogP contribution in [0.4, 0.5) is 5.69 Å². The van der Waals surface area contributed by atoms with E-state index in [1.165, 1.54) is 63.9 Å². The van der Waals surface area contributed by atoms with Gasteiger partial charge in [0.15, 0.2) is 0 Å². The topological polar surface area (TPSA) is 97.5 Å². The van der Waals surface area contributed by atoms with Gasteiger partial charge in [0.05, 0.1) is 4.92 Å². The Labute approximate surface area is 219 Å². The highest BCUT2D eigenvalue weighted by molar-refractivity contribution is 7.86. The summed E-state index contributed by atoms with van der Waals surface area (Å²) in [5.41, 5.74) is 1.00. The molecule has 0 spiro atoms. The Balaban J connectivity index is 2.07. The van der Waals surface area contributed by atoms with Gasteiger partial charge in [0.1, 0.15) is 4.75 Å².